The Balaban J connectivity index is 1.38. The molecule has 5 saturated carbocycles. The van der Waals surface area contributed by atoms with E-state index in [1.54, 1.807) is 6.92 Å². The van der Waals surface area contributed by atoms with Crippen molar-refractivity contribution in [2.75, 3.05) is 0 Å². The first-order valence-electron chi connectivity index (χ1n) is 11.1. The standard InChI is InChI=1S/C23H36O2/c1-13(14(2)24)19-6-7-20-17-4-5-18-16(9-11-23(25)12-21(18)23)15(17)8-10-22(19,20)3/h13,15-21,25H,4-12H2,1-3H3/t13?,15-,16-,17-,18+,19-,20+,21?,22-,23+/m1/s1. The van der Waals surface area contributed by atoms with Gasteiger partial charge in [0, 0.05) is 5.92 Å². The number of fused-ring (bicyclic) bond motifs is 7. The molecule has 10 atom stereocenters. The highest BCUT2D eigenvalue weighted by Crippen LogP contribution is 2.69. The van der Waals surface area contributed by atoms with Gasteiger partial charge >= 0.3 is 0 Å². The van der Waals surface area contributed by atoms with Crippen LogP contribution in [-0.2, 0) is 4.79 Å². The molecule has 0 aliphatic heterocycles. The second kappa shape index (κ2) is 5.33. The zero-order valence-corrected chi connectivity index (χ0v) is 16.3. The lowest BCUT2D eigenvalue weighted by Gasteiger charge is -2.56. The number of hydrogen-bond donors (Lipinski definition) is 1. The summed E-state index contributed by atoms with van der Waals surface area (Å²) in [6.07, 6.45) is 11.6. The molecule has 0 aromatic carbocycles. The molecule has 0 aromatic heterocycles. The van der Waals surface area contributed by atoms with E-state index in [1.807, 2.05) is 0 Å². The van der Waals surface area contributed by atoms with Gasteiger partial charge in [-0.1, -0.05) is 13.8 Å². The summed E-state index contributed by atoms with van der Waals surface area (Å²) in [5, 5.41) is 10.6. The third-order valence-corrected chi connectivity index (χ3v) is 10.3. The van der Waals surface area contributed by atoms with Crippen molar-refractivity contribution in [3.63, 3.8) is 0 Å². The summed E-state index contributed by atoms with van der Waals surface area (Å²) >= 11 is 0. The lowest BCUT2D eigenvalue weighted by Crippen LogP contribution is -2.50. The van der Waals surface area contributed by atoms with Crippen molar-refractivity contribution in [3.05, 3.63) is 0 Å². The van der Waals surface area contributed by atoms with E-state index < -0.39 is 0 Å². The third kappa shape index (κ3) is 2.22. The van der Waals surface area contributed by atoms with E-state index in [9.17, 15) is 9.90 Å². The highest BCUT2D eigenvalue weighted by atomic mass is 16.3. The third-order valence-electron chi connectivity index (χ3n) is 10.3. The van der Waals surface area contributed by atoms with E-state index in [1.165, 1.54) is 44.9 Å². The molecular formula is C23H36O2. The minimum atomic E-state index is -0.243. The average molecular weight is 345 g/mol. The highest BCUT2D eigenvalue weighted by Gasteiger charge is 2.65. The van der Waals surface area contributed by atoms with Crippen LogP contribution in [0, 0.1) is 52.8 Å². The van der Waals surface area contributed by atoms with Crippen LogP contribution in [0.3, 0.4) is 0 Å². The van der Waals surface area contributed by atoms with E-state index in [2.05, 4.69) is 13.8 Å². The van der Waals surface area contributed by atoms with Gasteiger partial charge in [0.2, 0.25) is 0 Å². The molecule has 0 radical (unpaired) electrons. The smallest absolute Gasteiger partial charge is 0.132 e. The maximum Gasteiger partial charge on any atom is 0.132 e. The van der Waals surface area contributed by atoms with Crippen molar-refractivity contribution in [3.8, 4) is 0 Å². The Morgan fingerprint density at radius 3 is 2.24 bits per heavy atom. The van der Waals surface area contributed by atoms with E-state index in [-0.39, 0.29) is 11.5 Å². The first-order valence-corrected chi connectivity index (χ1v) is 11.1. The second-order valence-electron chi connectivity index (χ2n) is 10.9. The molecule has 5 aliphatic carbocycles. The predicted octanol–water partition coefficient (Wildman–Crippen LogP) is 4.84. The maximum atomic E-state index is 12.1. The van der Waals surface area contributed by atoms with E-state index in [0.29, 0.717) is 23.0 Å². The fraction of sp³-hybridized carbons (Fsp3) is 0.957. The van der Waals surface area contributed by atoms with Gasteiger partial charge in [-0.3, -0.25) is 4.79 Å². The van der Waals surface area contributed by atoms with Crippen LogP contribution in [0.4, 0.5) is 0 Å². The monoisotopic (exact) mass is 344 g/mol. The second-order valence-corrected chi connectivity index (χ2v) is 10.9. The number of hydrogen-bond acceptors (Lipinski definition) is 2. The molecule has 0 bridgehead atoms. The molecule has 0 aromatic rings. The number of ketones is 1. The summed E-state index contributed by atoms with van der Waals surface area (Å²) in [5.41, 5.74) is 0.167. The van der Waals surface area contributed by atoms with Gasteiger partial charge in [0.25, 0.3) is 0 Å². The average Bonchev–Trinajstić information content (AvgIpc) is 3.15. The molecule has 0 amide bonds. The molecule has 0 spiro atoms. The number of Topliss-reactive ketones (excluding diaryl/α,β-unsaturated/α-hetero) is 1. The van der Waals surface area contributed by atoms with Crippen molar-refractivity contribution in [1.82, 2.24) is 0 Å². The van der Waals surface area contributed by atoms with E-state index in [4.69, 9.17) is 0 Å². The predicted molar refractivity (Wildman–Crippen MR) is 98.9 cm³/mol. The summed E-state index contributed by atoms with van der Waals surface area (Å²) in [5.74, 6) is 6.35. The molecule has 5 fully saturated rings. The summed E-state index contributed by atoms with van der Waals surface area (Å²) < 4.78 is 0. The molecule has 1 N–H and O–H groups in total. The molecule has 5 rings (SSSR count). The zero-order chi connectivity index (χ0) is 17.6. The minimum absolute atomic E-state index is 0.243. The summed E-state index contributed by atoms with van der Waals surface area (Å²) in [6.45, 7) is 6.53. The minimum Gasteiger partial charge on any atom is -0.390 e. The van der Waals surface area contributed by atoms with Crippen LogP contribution in [0.2, 0.25) is 0 Å². The Kier molecular flexibility index (Phi) is 3.58. The molecule has 0 saturated heterocycles. The van der Waals surface area contributed by atoms with Gasteiger partial charge in [0.15, 0.2) is 0 Å². The van der Waals surface area contributed by atoms with Crippen molar-refractivity contribution in [2.24, 2.45) is 52.8 Å². The fourth-order valence-corrected chi connectivity index (χ4v) is 8.83. The van der Waals surface area contributed by atoms with E-state index in [0.717, 1.165) is 42.4 Å². The SMILES string of the molecule is CC(=O)C(C)[C@H]1CC[C@H]2[C@@H]3CC[C@@H]4C5C[C@@]5(O)CC[C@@H]4[C@H]3CC[C@]12C. The van der Waals surface area contributed by atoms with Crippen LogP contribution in [0.1, 0.15) is 78.6 Å². The van der Waals surface area contributed by atoms with Crippen molar-refractivity contribution < 1.29 is 9.90 Å². The number of aliphatic hydroxyl groups is 1. The molecule has 5 aliphatic rings. The quantitative estimate of drug-likeness (QED) is 0.778. The highest BCUT2D eigenvalue weighted by molar-refractivity contribution is 5.78. The van der Waals surface area contributed by atoms with Crippen LogP contribution in [-0.4, -0.2) is 16.5 Å². The van der Waals surface area contributed by atoms with Gasteiger partial charge in [-0.15, -0.1) is 0 Å². The van der Waals surface area contributed by atoms with Gasteiger partial charge in [-0.25, -0.2) is 0 Å². The molecule has 0 heterocycles. The molecule has 140 valence electrons. The van der Waals surface area contributed by atoms with Crippen LogP contribution >= 0.6 is 0 Å². The first-order chi connectivity index (χ1) is 11.8. The number of rotatable bonds is 2. The van der Waals surface area contributed by atoms with Gasteiger partial charge in [-0.2, -0.15) is 0 Å². The topological polar surface area (TPSA) is 37.3 Å². The fourth-order valence-electron chi connectivity index (χ4n) is 8.83. The van der Waals surface area contributed by atoms with Gasteiger partial charge in [0.1, 0.15) is 5.78 Å². The molecule has 2 nitrogen and oxygen atoms in total. The zero-order valence-electron chi connectivity index (χ0n) is 16.3. The van der Waals surface area contributed by atoms with Crippen LogP contribution in [0.5, 0.6) is 0 Å². The van der Waals surface area contributed by atoms with E-state index >= 15 is 0 Å². The summed E-state index contributed by atoms with van der Waals surface area (Å²) in [4.78, 5) is 12.1. The molecule has 2 unspecified atom stereocenters. The number of carbonyl (C=O) groups is 1. The lowest BCUT2D eigenvalue weighted by atomic mass is 9.49. The maximum absolute atomic E-state index is 12.1. The Morgan fingerprint density at radius 2 is 1.56 bits per heavy atom. The Morgan fingerprint density at radius 1 is 0.920 bits per heavy atom. The van der Waals surface area contributed by atoms with Gasteiger partial charge in [0.05, 0.1) is 5.60 Å². The van der Waals surface area contributed by atoms with Crippen molar-refractivity contribution >= 4 is 5.78 Å². The largest absolute Gasteiger partial charge is 0.390 e. The van der Waals surface area contributed by atoms with Crippen molar-refractivity contribution in [1.29, 1.82) is 0 Å². The lowest BCUT2D eigenvalue weighted by molar-refractivity contribution is -0.125. The molecule has 2 heteroatoms. The van der Waals surface area contributed by atoms with Crippen LogP contribution in [0.25, 0.3) is 0 Å². The normalized spacial score (nSPS) is 57.7. The summed E-state index contributed by atoms with van der Waals surface area (Å²) in [7, 11) is 0. The summed E-state index contributed by atoms with van der Waals surface area (Å²) in [6, 6.07) is 0. The van der Waals surface area contributed by atoms with Gasteiger partial charge < -0.3 is 5.11 Å². The Hall–Kier alpha value is -0.370. The van der Waals surface area contributed by atoms with Crippen LogP contribution in [0.15, 0.2) is 0 Å². The molecule has 25 heavy (non-hydrogen) atoms. The molecular weight excluding hydrogens is 308 g/mol. The Bertz CT molecular complexity index is 585. The van der Waals surface area contributed by atoms with Gasteiger partial charge in [-0.05, 0) is 112 Å². The van der Waals surface area contributed by atoms with Crippen molar-refractivity contribution in [2.45, 2.75) is 84.2 Å². The Labute approximate surface area is 153 Å². The van der Waals surface area contributed by atoms with Crippen LogP contribution < -0.4 is 0 Å². The first kappa shape index (κ1) is 16.8. The number of carbonyl (C=O) groups excluding carboxylic acids is 1.